The minimum Gasteiger partial charge on any atom is -0.497 e. The number of hydrogen-bond donors (Lipinski definition) is 0. The van der Waals surface area contributed by atoms with Gasteiger partial charge < -0.3 is 9.47 Å². The molecule has 2 heterocycles. The second-order valence-electron chi connectivity index (χ2n) is 5.35. The number of rotatable bonds is 4. The fourth-order valence-corrected chi connectivity index (χ4v) is 2.73. The van der Waals surface area contributed by atoms with Crippen molar-refractivity contribution in [3.05, 3.63) is 59.4 Å². The molecule has 0 saturated heterocycles. The largest absolute Gasteiger partial charge is 0.497 e. The smallest absolute Gasteiger partial charge is 0.129 e. The Balaban J connectivity index is 0.00000208. The Bertz CT molecular complexity index is 742. The van der Waals surface area contributed by atoms with Gasteiger partial charge in [0.2, 0.25) is 0 Å². The van der Waals surface area contributed by atoms with Crippen LogP contribution in [0.1, 0.15) is 24.0 Å². The highest BCUT2D eigenvalue weighted by atomic mass is 35.5. The SMILES string of the molecule is COc1ccc(/C=C2\CCCN=C2c2cccnc2)c(OC)c1.Cl. The normalized spacial score (nSPS) is 15.4. The van der Waals surface area contributed by atoms with E-state index in [1.807, 2.05) is 30.5 Å². The standard InChI is InChI=1S/C19H20N2O2.ClH/c1-22-17-8-7-14(18(12-17)23-2)11-15-5-4-10-21-19(15)16-6-3-9-20-13-16;/h3,6-9,11-13H,4-5,10H2,1-2H3;1H/b15-11+;. The van der Waals surface area contributed by atoms with Gasteiger partial charge in [-0.3, -0.25) is 9.98 Å². The van der Waals surface area contributed by atoms with Crippen LogP contribution < -0.4 is 9.47 Å². The van der Waals surface area contributed by atoms with Crippen LogP contribution in [0.4, 0.5) is 0 Å². The molecule has 1 aromatic carbocycles. The Labute approximate surface area is 148 Å². The van der Waals surface area contributed by atoms with E-state index >= 15 is 0 Å². The van der Waals surface area contributed by atoms with Gasteiger partial charge >= 0.3 is 0 Å². The van der Waals surface area contributed by atoms with E-state index in [1.165, 1.54) is 5.57 Å². The van der Waals surface area contributed by atoms with E-state index in [1.54, 1.807) is 20.4 Å². The first kappa shape index (κ1) is 18.0. The third-order valence-electron chi connectivity index (χ3n) is 3.88. The highest BCUT2D eigenvalue weighted by Gasteiger charge is 2.15. The van der Waals surface area contributed by atoms with Crippen molar-refractivity contribution < 1.29 is 9.47 Å². The van der Waals surface area contributed by atoms with Crippen molar-refractivity contribution in [2.45, 2.75) is 12.8 Å². The third-order valence-corrected chi connectivity index (χ3v) is 3.88. The molecule has 0 spiro atoms. The van der Waals surface area contributed by atoms with E-state index in [0.29, 0.717) is 0 Å². The quantitative estimate of drug-likeness (QED) is 0.835. The first-order chi connectivity index (χ1) is 11.3. The fourth-order valence-electron chi connectivity index (χ4n) is 2.73. The maximum Gasteiger partial charge on any atom is 0.129 e. The number of ether oxygens (including phenoxy) is 2. The van der Waals surface area contributed by atoms with Gasteiger partial charge in [0.15, 0.2) is 0 Å². The van der Waals surface area contributed by atoms with Crippen LogP contribution in [0.25, 0.3) is 6.08 Å². The van der Waals surface area contributed by atoms with Crippen molar-refractivity contribution in [3.63, 3.8) is 0 Å². The van der Waals surface area contributed by atoms with E-state index in [-0.39, 0.29) is 12.4 Å². The number of nitrogens with zero attached hydrogens (tertiary/aromatic N) is 2. The highest BCUT2D eigenvalue weighted by Crippen LogP contribution is 2.29. The summed E-state index contributed by atoms with van der Waals surface area (Å²) < 4.78 is 10.8. The maximum absolute atomic E-state index is 5.49. The van der Waals surface area contributed by atoms with Gasteiger partial charge in [-0.15, -0.1) is 12.4 Å². The Hall–Kier alpha value is -2.33. The number of aromatic nitrogens is 1. The molecule has 24 heavy (non-hydrogen) atoms. The van der Waals surface area contributed by atoms with Gasteiger partial charge in [0.25, 0.3) is 0 Å². The minimum absolute atomic E-state index is 0. The highest BCUT2D eigenvalue weighted by molar-refractivity contribution is 6.15. The number of halogens is 1. The van der Waals surface area contributed by atoms with Crippen LogP contribution in [-0.2, 0) is 0 Å². The zero-order chi connectivity index (χ0) is 16.1. The lowest BCUT2D eigenvalue weighted by atomic mass is 9.94. The molecule has 0 atom stereocenters. The molecule has 5 heteroatoms. The zero-order valence-electron chi connectivity index (χ0n) is 13.9. The van der Waals surface area contributed by atoms with Crippen LogP contribution in [0.2, 0.25) is 0 Å². The Kier molecular flexibility index (Phi) is 6.38. The molecule has 0 bridgehead atoms. The molecule has 0 unspecified atom stereocenters. The Morgan fingerprint density at radius 3 is 2.71 bits per heavy atom. The van der Waals surface area contributed by atoms with Crippen LogP contribution in [0.15, 0.2) is 53.3 Å². The molecule has 4 nitrogen and oxygen atoms in total. The number of allylic oxidation sites excluding steroid dienone is 1. The Morgan fingerprint density at radius 2 is 2.00 bits per heavy atom. The molecule has 0 fully saturated rings. The predicted molar refractivity (Wildman–Crippen MR) is 99.6 cm³/mol. The second-order valence-corrected chi connectivity index (χ2v) is 5.35. The van der Waals surface area contributed by atoms with Crippen LogP contribution in [-0.4, -0.2) is 31.5 Å². The first-order valence-electron chi connectivity index (χ1n) is 7.69. The molecule has 0 N–H and O–H groups in total. The van der Waals surface area contributed by atoms with E-state index in [0.717, 1.165) is 47.7 Å². The van der Waals surface area contributed by atoms with Gasteiger partial charge in [0, 0.05) is 36.1 Å². The molecule has 0 aliphatic carbocycles. The van der Waals surface area contributed by atoms with Gasteiger partial charge in [-0.25, -0.2) is 0 Å². The molecule has 1 aliphatic heterocycles. The molecular formula is C19H21ClN2O2. The van der Waals surface area contributed by atoms with Crippen molar-refractivity contribution >= 4 is 24.2 Å². The number of hydrogen-bond acceptors (Lipinski definition) is 4. The predicted octanol–water partition coefficient (Wildman–Crippen LogP) is 4.19. The van der Waals surface area contributed by atoms with Crippen molar-refractivity contribution in [1.82, 2.24) is 4.98 Å². The lowest BCUT2D eigenvalue weighted by Crippen LogP contribution is -2.12. The summed E-state index contributed by atoms with van der Waals surface area (Å²) in [5.74, 6) is 1.58. The zero-order valence-corrected chi connectivity index (χ0v) is 14.7. The minimum atomic E-state index is 0. The van der Waals surface area contributed by atoms with Gasteiger partial charge in [-0.05, 0) is 48.8 Å². The first-order valence-corrected chi connectivity index (χ1v) is 7.69. The van der Waals surface area contributed by atoms with Crippen LogP contribution in [0.3, 0.4) is 0 Å². The molecule has 1 aliphatic rings. The van der Waals surface area contributed by atoms with Crippen molar-refractivity contribution in [2.75, 3.05) is 20.8 Å². The fraction of sp³-hybridized carbons (Fsp3) is 0.263. The molecule has 0 amide bonds. The van der Waals surface area contributed by atoms with E-state index in [4.69, 9.17) is 14.5 Å². The average Bonchev–Trinajstić information content (AvgIpc) is 2.63. The molecular weight excluding hydrogens is 324 g/mol. The number of aliphatic imine (C=N–C) groups is 1. The van der Waals surface area contributed by atoms with Gasteiger partial charge in [0.05, 0.1) is 19.9 Å². The van der Waals surface area contributed by atoms with Crippen molar-refractivity contribution in [1.29, 1.82) is 0 Å². The van der Waals surface area contributed by atoms with Crippen molar-refractivity contribution in [2.24, 2.45) is 4.99 Å². The van der Waals surface area contributed by atoms with Gasteiger partial charge in [-0.1, -0.05) is 0 Å². The van der Waals surface area contributed by atoms with Crippen LogP contribution in [0, 0.1) is 0 Å². The van der Waals surface area contributed by atoms with Gasteiger partial charge in [-0.2, -0.15) is 0 Å². The second kappa shape index (κ2) is 8.50. The lowest BCUT2D eigenvalue weighted by molar-refractivity contribution is 0.393. The van der Waals surface area contributed by atoms with Gasteiger partial charge in [0.1, 0.15) is 11.5 Å². The Morgan fingerprint density at radius 1 is 1.12 bits per heavy atom. The number of pyridine rings is 1. The summed E-state index contributed by atoms with van der Waals surface area (Å²) in [5.41, 5.74) is 4.34. The summed E-state index contributed by atoms with van der Waals surface area (Å²) in [4.78, 5) is 8.92. The summed E-state index contributed by atoms with van der Waals surface area (Å²) in [5, 5.41) is 0. The molecule has 126 valence electrons. The van der Waals surface area contributed by atoms with E-state index in [9.17, 15) is 0 Å². The monoisotopic (exact) mass is 344 g/mol. The molecule has 1 aromatic heterocycles. The summed E-state index contributed by atoms with van der Waals surface area (Å²) in [7, 11) is 3.33. The topological polar surface area (TPSA) is 43.7 Å². The molecule has 0 radical (unpaired) electrons. The summed E-state index contributed by atoms with van der Waals surface area (Å²) in [6.07, 6.45) is 7.87. The molecule has 0 saturated carbocycles. The summed E-state index contributed by atoms with van der Waals surface area (Å²) in [6.45, 7) is 0.862. The lowest BCUT2D eigenvalue weighted by Gasteiger charge is -2.17. The van der Waals surface area contributed by atoms with Crippen LogP contribution in [0.5, 0.6) is 11.5 Å². The summed E-state index contributed by atoms with van der Waals surface area (Å²) in [6, 6.07) is 9.85. The van der Waals surface area contributed by atoms with E-state index in [2.05, 4.69) is 17.1 Å². The van der Waals surface area contributed by atoms with E-state index < -0.39 is 0 Å². The molecule has 2 aromatic rings. The number of methoxy groups -OCH3 is 2. The number of benzene rings is 1. The third kappa shape index (κ3) is 3.95. The molecule has 3 rings (SSSR count). The maximum atomic E-state index is 5.49. The summed E-state index contributed by atoms with van der Waals surface area (Å²) >= 11 is 0. The van der Waals surface area contributed by atoms with Crippen molar-refractivity contribution in [3.8, 4) is 11.5 Å². The average molecular weight is 345 g/mol. The van der Waals surface area contributed by atoms with Crippen LogP contribution >= 0.6 is 12.4 Å².